The van der Waals surface area contributed by atoms with Gasteiger partial charge in [-0.2, -0.15) is 0 Å². The van der Waals surface area contributed by atoms with Gasteiger partial charge in [-0.1, -0.05) is 13.8 Å². The Labute approximate surface area is 126 Å². The quantitative estimate of drug-likeness (QED) is 0.844. The molecule has 4 nitrogen and oxygen atoms in total. The predicted molar refractivity (Wildman–Crippen MR) is 83.5 cm³/mol. The lowest BCUT2D eigenvalue weighted by atomic mass is 9.80. The third kappa shape index (κ3) is 4.96. The minimum Gasteiger partial charge on any atom is -0.482 e. The molecule has 0 amide bonds. The van der Waals surface area contributed by atoms with E-state index in [0.717, 1.165) is 17.5 Å². The van der Waals surface area contributed by atoms with Crippen molar-refractivity contribution < 1.29 is 14.3 Å². The number of esters is 1. The van der Waals surface area contributed by atoms with Gasteiger partial charge in [-0.3, -0.25) is 0 Å². The van der Waals surface area contributed by atoms with Crippen molar-refractivity contribution in [2.24, 2.45) is 11.8 Å². The molecule has 1 aromatic carbocycles. The summed E-state index contributed by atoms with van der Waals surface area (Å²) in [6.07, 6.45) is 3.79. The van der Waals surface area contributed by atoms with Crippen LogP contribution in [0.25, 0.3) is 0 Å². The van der Waals surface area contributed by atoms with Crippen molar-refractivity contribution in [2.45, 2.75) is 39.2 Å². The first-order valence-corrected chi connectivity index (χ1v) is 7.63. The van der Waals surface area contributed by atoms with Gasteiger partial charge in [0.2, 0.25) is 0 Å². The molecule has 0 aromatic heterocycles. The van der Waals surface area contributed by atoms with Gasteiger partial charge in [-0.05, 0) is 55.4 Å². The van der Waals surface area contributed by atoms with Gasteiger partial charge >= 0.3 is 5.97 Å². The van der Waals surface area contributed by atoms with Crippen LogP contribution in [0.4, 0.5) is 5.69 Å². The summed E-state index contributed by atoms with van der Waals surface area (Å²) in [5, 5.41) is 3.60. The molecule has 1 aromatic rings. The van der Waals surface area contributed by atoms with Crippen molar-refractivity contribution in [1.82, 2.24) is 0 Å². The van der Waals surface area contributed by atoms with E-state index < -0.39 is 0 Å². The highest BCUT2D eigenvalue weighted by molar-refractivity contribution is 5.70. The predicted octanol–water partition coefficient (Wildman–Crippen LogP) is 3.48. The topological polar surface area (TPSA) is 47.6 Å². The molecule has 0 radical (unpaired) electrons. The molecule has 1 aliphatic carbocycles. The molecule has 1 fully saturated rings. The fourth-order valence-electron chi connectivity index (χ4n) is 3.15. The van der Waals surface area contributed by atoms with E-state index in [2.05, 4.69) is 23.9 Å². The fraction of sp³-hybridized carbons (Fsp3) is 0.588. The molecule has 1 saturated carbocycles. The van der Waals surface area contributed by atoms with Gasteiger partial charge in [0.05, 0.1) is 7.11 Å². The Morgan fingerprint density at radius 1 is 1.14 bits per heavy atom. The highest BCUT2D eigenvalue weighted by Crippen LogP contribution is 2.30. The van der Waals surface area contributed by atoms with E-state index in [0.29, 0.717) is 11.8 Å². The fourth-order valence-corrected chi connectivity index (χ4v) is 3.15. The van der Waals surface area contributed by atoms with Crippen LogP contribution in [0.15, 0.2) is 24.3 Å². The number of carbonyl (C=O) groups excluding carboxylic acids is 1. The summed E-state index contributed by atoms with van der Waals surface area (Å²) in [6, 6.07) is 8.29. The molecule has 0 saturated heterocycles. The Morgan fingerprint density at radius 2 is 1.76 bits per heavy atom. The maximum absolute atomic E-state index is 11.0. The highest BCUT2D eigenvalue weighted by atomic mass is 16.6. The third-order valence-corrected chi connectivity index (χ3v) is 3.99. The second kappa shape index (κ2) is 7.34. The van der Waals surface area contributed by atoms with E-state index >= 15 is 0 Å². The number of rotatable bonds is 5. The van der Waals surface area contributed by atoms with Crippen LogP contribution in [-0.2, 0) is 9.53 Å². The van der Waals surface area contributed by atoms with Crippen LogP contribution < -0.4 is 10.1 Å². The van der Waals surface area contributed by atoms with Crippen LogP contribution in [0.2, 0.25) is 0 Å². The van der Waals surface area contributed by atoms with Crippen LogP contribution in [0.3, 0.4) is 0 Å². The molecule has 0 heterocycles. The smallest absolute Gasteiger partial charge is 0.343 e. The van der Waals surface area contributed by atoms with Crippen molar-refractivity contribution >= 4 is 11.7 Å². The number of carbonyl (C=O) groups is 1. The van der Waals surface area contributed by atoms with E-state index in [9.17, 15) is 4.79 Å². The zero-order chi connectivity index (χ0) is 15.2. The van der Waals surface area contributed by atoms with Crippen LogP contribution in [-0.4, -0.2) is 25.7 Å². The Kier molecular flexibility index (Phi) is 5.48. The Hall–Kier alpha value is -1.71. The van der Waals surface area contributed by atoms with E-state index in [-0.39, 0.29) is 12.6 Å². The van der Waals surface area contributed by atoms with E-state index in [1.54, 1.807) is 0 Å². The van der Waals surface area contributed by atoms with Crippen molar-refractivity contribution in [2.75, 3.05) is 19.0 Å². The number of methoxy groups -OCH3 is 1. The number of ether oxygens (including phenoxy) is 2. The van der Waals surface area contributed by atoms with Crippen molar-refractivity contribution in [3.05, 3.63) is 24.3 Å². The summed E-state index contributed by atoms with van der Waals surface area (Å²) >= 11 is 0. The largest absolute Gasteiger partial charge is 0.482 e. The van der Waals surface area contributed by atoms with Crippen LogP contribution >= 0.6 is 0 Å². The first-order chi connectivity index (χ1) is 10.1. The van der Waals surface area contributed by atoms with E-state index in [4.69, 9.17) is 4.74 Å². The molecule has 4 heteroatoms. The van der Waals surface area contributed by atoms with Gasteiger partial charge in [0.25, 0.3) is 0 Å². The van der Waals surface area contributed by atoms with Gasteiger partial charge in [0.15, 0.2) is 6.61 Å². The van der Waals surface area contributed by atoms with Crippen LogP contribution in [0.1, 0.15) is 33.1 Å². The summed E-state index contributed by atoms with van der Waals surface area (Å²) in [6.45, 7) is 4.60. The van der Waals surface area contributed by atoms with Gasteiger partial charge in [-0.25, -0.2) is 4.79 Å². The molecule has 2 atom stereocenters. The minimum atomic E-state index is -0.373. The molecule has 0 spiro atoms. The SMILES string of the molecule is COC(=O)COc1ccc(NC2CC(C)CC(C)C2)cc1. The van der Waals surface area contributed by atoms with Gasteiger partial charge < -0.3 is 14.8 Å². The summed E-state index contributed by atoms with van der Waals surface area (Å²) in [5.74, 6) is 1.88. The summed E-state index contributed by atoms with van der Waals surface area (Å²) < 4.78 is 9.88. The summed E-state index contributed by atoms with van der Waals surface area (Å²) in [4.78, 5) is 11.0. The third-order valence-electron chi connectivity index (χ3n) is 3.99. The lowest BCUT2D eigenvalue weighted by Gasteiger charge is -2.32. The zero-order valence-corrected chi connectivity index (χ0v) is 13.1. The average Bonchev–Trinajstić information content (AvgIpc) is 2.45. The number of hydrogen-bond acceptors (Lipinski definition) is 4. The van der Waals surface area contributed by atoms with Crippen molar-refractivity contribution in [3.63, 3.8) is 0 Å². The van der Waals surface area contributed by atoms with E-state index in [1.165, 1.54) is 26.4 Å². The first-order valence-electron chi connectivity index (χ1n) is 7.63. The molecule has 1 aliphatic rings. The molecule has 0 aliphatic heterocycles. The molecule has 21 heavy (non-hydrogen) atoms. The standard InChI is InChI=1S/C17H25NO3/c1-12-8-13(2)10-15(9-12)18-14-4-6-16(7-5-14)21-11-17(19)20-3/h4-7,12-13,15,18H,8-11H2,1-3H3. The average molecular weight is 291 g/mol. The van der Waals surface area contributed by atoms with Crippen LogP contribution in [0, 0.1) is 11.8 Å². The van der Waals surface area contributed by atoms with Gasteiger partial charge in [0, 0.05) is 11.7 Å². The number of hydrogen-bond donors (Lipinski definition) is 1. The van der Waals surface area contributed by atoms with Gasteiger partial charge in [-0.15, -0.1) is 0 Å². The maximum Gasteiger partial charge on any atom is 0.343 e. The summed E-state index contributed by atoms with van der Waals surface area (Å²) in [7, 11) is 1.35. The highest BCUT2D eigenvalue weighted by Gasteiger charge is 2.23. The maximum atomic E-state index is 11.0. The van der Waals surface area contributed by atoms with Crippen molar-refractivity contribution in [1.29, 1.82) is 0 Å². The molecular weight excluding hydrogens is 266 g/mol. The monoisotopic (exact) mass is 291 g/mol. The second-order valence-corrected chi connectivity index (χ2v) is 6.15. The second-order valence-electron chi connectivity index (χ2n) is 6.15. The Morgan fingerprint density at radius 3 is 2.33 bits per heavy atom. The molecular formula is C17H25NO3. The van der Waals surface area contributed by atoms with Crippen molar-refractivity contribution in [3.8, 4) is 5.75 Å². The lowest BCUT2D eigenvalue weighted by Crippen LogP contribution is -2.30. The zero-order valence-electron chi connectivity index (χ0n) is 13.1. The molecule has 1 N–H and O–H groups in total. The lowest BCUT2D eigenvalue weighted by molar-refractivity contribution is -0.142. The summed E-state index contributed by atoms with van der Waals surface area (Å²) in [5.41, 5.74) is 1.10. The Bertz CT molecular complexity index is 448. The Balaban J connectivity index is 1.85. The molecule has 2 rings (SSSR count). The molecule has 116 valence electrons. The normalized spacial score (nSPS) is 25.2. The first kappa shape index (κ1) is 15.7. The van der Waals surface area contributed by atoms with E-state index in [1.807, 2.05) is 24.3 Å². The number of anilines is 1. The number of benzene rings is 1. The molecule has 0 bridgehead atoms. The van der Waals surface area contributed by atoms with Crippen LogP contribution in [0.5, 0.6) is 5.75 Å². The molecule has 2 unspecified atom stereocenters. The number of nitrogens with one attached hydrogen (secondary N) is 1. The minimum absolute atomic E-state index is 0.0546. The van der Waals surface area contributed by atoms with Gasteiger partial charge in [0.1, 0.15) is 5.75 Å².